The molecular formula is C10H10BrClN4O. The van der Waals surface area contributed by atoms with Crippen LogP contribution in [0.4, 0.5) is 5.82 Å². The molecule has 7 heteroatoms. The number of hydrogen-bond acceptors (Lipinski definition) is 5. The molecule has 0 atom stereocenters. The Hall–Kier alpha value is -1.14. The molecule has 17 heavy (non-hydrogen) atoms. The lowest BCUT2D eigenvalue weighted by molar-refractivity contribution is 0.377. The van der Waals surface area contributed by atoms with E-state index in [9.17, 15) is 0 Å². The summed E-state index contributed by atoms with van der Waals surface area (Å²) in [6.07, 6.45) is 2.32. The molecule has 0 radical (unpaired) electrons. The molecule has 2 heterocycles. The van der Waals surface area contributed by atoms with Crippen molar-refractivity contribution in [2.75, 3.05) is 11.9 Å². The third-order valence-electron chi connectivity index (χ3n) is 2.01. The Labute approximate surface area is 112 Å². The minimum Gasteiger partial charge on any atom is -0.368 e. The van der Waals surface area contributed by atoms with Gasteiger partial charge in [-0.2, -0.15) is 4.98 Å². The summed E-state index contributed by atoms with van der Waals surface area (Å²) in [7, 11) is 0. The van der Waals surface area contributed by atoms with Gasteiger partial charge in [0.15, 0.2) is 5.82 Å². The van der Waals surface area contributed by atoms with Crippen LogP contribution in [0.25, 0.3) is 0 Å². The van der Waals surface area contributed by atoms with Crippen molar-refractivity contribution in [2.24, 2.45) is 0 Å². The number of rotatable bonds is 4. The SMILES string of the molecule is Cc1noc(CCNc2ncc(Br)cc2Cl)n1. The third-order valence-corrected chi connectivity index (χ3v) is 2.73. The lowest BCUT2D eigenvalue weighted by Gasteiger charge is -2.05. The van der Waals surface area contributed by atoms with Crippen LogP contribution in [0.2, 0.25) is 5.02 Å². The Bertz CT molecular complexity index is 517. The van der Waals surface area contributed by atoms with Gasteiger partial charge in [0.1, 0.15) is 5.82 Å². The average Bonchev–Trinajstić information content (AvgIpc) is 2.68. The molecule has 0 aliphatic heterocycles. The first-order chi connectivity index (χ1) is 8.15. The second-order valence-corrected chi connectivity index (χ2v) is 4.72. The van der Waals surface area contributed by atoms with Crippen molar-refractivity contribution in [3.63, 3.8) is 0 Å². The highest BCUT2D eigenvalue weighted by atomic mass is 79.9. The van der Waals surface area contributed by atoms with Crippen molar-refractivity contribution in [3.05, 3.63) is 33.5 Å². The van der Waals surface area contributed by atoms with Gasteiger partial charge in [0.25, 0.3) is 0 Å². The minimum atomic E-state index is 0.570. The lowest BCUT2D eigenvalue weighted by atomic mass is 10.4. The normalized spacial score (nSPS) is 10.5. The molecule has 0 aliphatic rings. The van der Waals surface area contributed by atoms with Gasteiger partial charge in [0.05, 0.1) is 5.02 Å². The fourth-order valence-electron chi connectivity index (χ4n) is 1.27. The quantitative estimate of drug-likeness (QED) is 0.939. The highest BCUT2D eigenvalue weighted by Crippen LogP contribution is 2.22. The van der Waals surface area contributed by atoms with Crippen LogP contribution < -0.4 is 5.32 Å². The van der Waals surface area contributed by atoms with E-state index in [4.69, 9.17) is 16.1 Å². The molecular weight excluding hydrogens is 307 g/mol. The van der Waals surface area contributed by atoms with Gasteiger partial charge in [-0.1, -0.05) is 16.8 Å². The Morgan fingerprint density at radius 2 is 2.35 bits per heavy atom. The molecule has 2 rings (SSSR count). The predicted octanol–water partition coefficient (Wildman–Crippen LogP) is 2.84. The van der Waals surface area contributed by atoms with E-state index < -0.39 is 0 Å². The van der Waals surface area contributed by atoms with Gasteiger partial charge in [-0.25, -0.2) is 4.98 Å². The molecule has 0 spiro atoms. The monoisotopic (exact) mass is 316 g/mol. The Morgan fingerprint density at radius 3 is 3.00 bits per heavy atom. The van der Waals surface area contributed by atoms with Crippen molar-refractivity contribution < 1.29 is 4.52 Å². The lowest BCUT2D eigenvalue weighted by Crippen LogP contribution is -2.06. The van der Waals surface area contributed by atoms with Crippen LogP contribution in [-0.2, 0) is 6.42 Å². The minimum absolute atomic E-state index is 0.570. The summed E-state index contributed by atoms with van der Waals surface area (Å²) in [6.45, 7) is 2.42. The summed E-state index contributed by atoms with van der Waals surface area (Å²) in [4.78, 5) is 8.26. The zero-order valence-corrected chi connectivity index (χ0v) is 11.4. The molecule has 0 bridgehead atoms. The summed E-state index contributed by atoms with van der Waals surface area (Å²) in [6, 6.07) is 1.79. The van der Waals surface area contributed by atoms with E-state index in [1.165, 1.54) is 0 Å². The van der Waals surface area contributed by atoms with Gasteiger partial charge < -0.3 is 9.84 Å². The molecule has 0 saturated heterocycles. The highest BCUT2D eigenvalue weighted by molar-refractivity contribution is 9.10. The first kappa shape index (κ1) is 12.3. The van der Waals surface area contributed by atoms with Crippen LogP contribution in [0.1, 0.15) is 11.7 Å². The second kappa shape index (κ2) is 5.46. The Balaban J connectivity index is 1.90. The maximum atomic E-state index is 6.01. The fraction of sp³-hybridized carbons (Fsp3) is 0.300. The highest BCUT2D eigenvalue weighted by Gasteiger charge is 2.04. The molecule has 2 aromatic rings. The standard InChI is InChI=1S/C10H10BrClN4O/c1-6-15-9(17-16-6)2-3-13-10-8(12)4-7(11)5-14-10/h4-5H,2-3H2,1H3,(H,13,14). The van der Waals surface area contributed by atoms with Gasteiger partial charge in [-0.05, 0) is 28.9 Å². The molecule has 0 aromatic carbocycles. The van der Waals surface area contributed by atoms with E-state index in [2.05, 4.69) is 36.4 Å². The number of halogens is 2. The largest absolute Gasteiger partial charge is 0.368 e. The second-order valence-electron chi connectivity index (χ2n) is 3.40. The summed E-state index contributed by atoms with van der Waals surface area (Å²) in [5.41, 5.74) is 0. The molecule has 0 fully saturated rings. The van der Waals surface area contributed by atoms with E-state index in [0.29, 0.717) is 35.5 Å². The summed E-state index contributed by atoms with van der Waals surface area (Å²) in [5.74, 6) is 1.88. The molecule has 90 valence electrons. The Kier molecular flexibility index (Phi) is 3.96. The molecule has 2 aromatic heterocycles. The first-order valence-electron chi connectivity index (χ1n) is 4.99. The zero-order chi connectivity index (χ0) is 12.3. The van der Waals surface area contributed by atoms with Crippen LogP contribution >= 0.6 is 27.5 Å². The molecule has 0 saturated carbocycles. The van der Waals surface area contributed by atoms with E-state index in [1.807, 2.05) is 0 Å². The maximum Gasteiger partial charge on any atom is 0.228 e. The van der Waals surface area contributed by atoms with Crippen LogP contribution in [-0.4, -0.2) is 21.7 Å². The van der Waals surface area contributed by atoms with E-state index in [-0.39, 0.29) is 0 Å². The van der Waals surface area contributed by atoms with Gasteiger partial charge in [-0.15, -0.1) is 0 Å². The number of anilines is 1. The van der Waals surface area contributed by atoms with E-state index in [1.54, 1.807) is 19.2 Å². The van der Waals surface area contributed by atoms with Crippen molar-refractivity contribution in [1.82, 2.24) is 15.1 Å². The fourth-order valence-corrected chi connectivity index (χ4v) is 1.97. The molecule has 0 aliphatic carbocycles. The van der Waals surface area contributed by atoms with Crippen LogP contribution in [0.3, 0.4) is 0 Å². The predicted molar refractivity (Wildman–Crippen MR) is 68.2 cm³/mol. The third kappa shape index (κ3) is 3.41. The smallest absolute Gasteiger partial charge is 0.228 e. The number of aromatic nitrogens is 3. The average molecular weight is 318 g/mol. The molecule has 0 unspecified atom stereocenters. The van der Waals surface area contributed by atoms with Gasteiger partial charge in [-0.3, -0.25) is 0 Å². The molecule has 5 nitrogen and oxygen atoms in total. The summed E-state index contributed by atoms with van der Waals surface area (Å²) in [5, 5.41) is 7.39. The van der Waals surface area contributed by atoms with Crippen LogP contribution in [0.15, 0.2) is 21.3 Å². The number of nitrogens with one attached hydrogen (secondary N) is 1. The van der Waals surface area contributed by atoms with Crippen molar-refractivity contribution in [2.45, 2.75) is 13.3 Å². The topological polar surface area (TPSA) is 63.8 Å². The van der Waals surface area contributed by atoms with Crippen molar-refractivity contribution >= 4 is 33.3 Å². The number of hydrogen-bond donors (Lipinski definition) is 1. The van der Waals surface area contributed by atoms with Crippen molar-refractivity contribution in [1.29, 1.82) is 0 Å². The van der Waals surface area contributed by atoms with E-state index >= 15 is 0 Å². The van der Waals surface area contributed by atoms with Gasteiger partial charge in [0, 0.05) is 23.6 Å². The maximum absolute atomic E-state index is 6.01. The molecule has 0 amide bonds. The first-order valence-corrected chi connectivity index (χ1v) is 6.16. The van der Waals surface area contributed by atoms with Crippen LogP contribution in [0, 0.1) is 6.92 Å². The molecule has 1 N–H and O–H groups in total. The number of pyridine rings is 1. The summed E-state index contributed by atoms with van der Waals surface area (Å²) >= 11 is 9.30. The number of nitrogens with zero attached hydrogens (tertiary/aromatic N) is 3. The summed E-state index contributed by atoms with van der Waals surface area (Å²) < 4.78 is 5.84. The van der Waals surface area contributed by atoms with Gasteiger partial charge in [0.2, 0.25) is 5.89 Å². The van der Waals surface area contributed by atoms with Gasteiger partial charge >= 0.3 is 0 Å². The number of aryl methyl sites for hydroxylation is 1. The van der Waals surface area contributed by atoms with E-state index in [0.717, 1.165) is 4.47 Å². The van der Waals surface area contributed by atoms with Crippen molar-refractivity contribution in [3.8, 4) is 0 Å². The Morgan fingerprint density at radius 1 is 1.53 bits per heavy atom. The van der Waals surface area contributed by atoms with Crippen LogP contribution in [0.5, 0.6) is 0 Å². The zero-order valence-electron chi connectivity index (χ0n) is 9.07.